The standard InChI is InChI=1S/C14H18O5/c1-4-19-13(17)14(2,12(15)16)9-10-7-5-6-8-11(10)18-3/h5-8H,4,9H2,1-3H3,(H,15,16). The minimum Gasteiger partial charge on any atom is -0.496 e. The van der Waals surface area contributed by atoms with Crippen molar-refractivity contribution >= 4 is 11.9 Å². The highest BCUT2D eigenvalue weighted by molar-refractivity contribution is 5.99. The number of hydrogen-bond donors (Lipinski definition) is 1. The number of esters is 1. The maximum Gasteiger partial charge on any atom is 0.323 e. The Morgan fingerprint density at radius 3 is 2.47 bits per heavy atom. The summed E-state index contributed by atoms with van der Waals surface area (Å²) >= 11 is 0. The van der Waals surface area contributed by atoms with E-state index >= 15 is 0 Å². The molecule has 0 amide bonds. The molecule has 0 aliphatic rings. The average Bonchev–Trinajstić information content (AvgIpc) is 2.39. The molecule has 1 atom stereocenters. The molecule has 0 radical (unpaired) electrons. The van der Waals surface area contributed by atoms with Gasteiger partial charge in [0.2, 0.25) is 0 Å². The second kappa shape index (κ2) is 6.22. The van der Waals surface area contributed by atoms with Gasteiger partial charge < -0.3 is 14.6 Å². The summed E-state index contributed by atoms with van der Waals surface area (Å²) in [4.78, 5) is 23.3. The first-order valence-corrected chi connectivity index (χ1v) is 5.98. The smallest absolute Gasteiger partial charge is 0.323 e. The fraction of sp³-hybridized carbons (Fsp3) is 0.429. The predicted molar refractivity (Wildman–Crippen MR) is 69.1 cm³/mol. The molecular formula is C14H18O5. The van der Waals surface area contributed by atoms with Crippen molar-refractivity contribution in [3.63, 3.8) is 0 Å². The van der Waals surface area contributed by atoms with Gasteiger partial charge in [-0.3, -0.25) is 9.59 Å². The first-order chi connectivity index (χ1) is 8.95. The van der Waals surface area contributed by atoms with E-state index < -0.39 is 17.4 Å². The Kier molecular flexibility index (Phi) is 4.92. The van der Waals surface area contributed by atoms with Crippen LogP contribution < -0.4 is 4.74 Å². The van der Waals surface area contributed by atoms with Gasteiger partial charge in [0.15, 0.2) is 5.41 Å². The van der Waals surface area contributed by atoms with Crippen molar-refractivity contribution in [2.24, 2.45) is 5.41 Å². The minimum absolute atomic E-state index is 0.0190. The van der Waals surface area contributed by atoms with Gasteiger partial charge in [-0.2, -0.15) is 0 Å². The highest BCUT2D eigenvalue weighted by Gasteiger charge is 2.43. The quantitative estimate of drug-likeness (QED) is 0.628. The van der Waals surface area contributed by atoms with Crippen LogP contribution in [0.4, 0.5) is 0 Å². The number of methoxy groups -OCH3 is 1. The number of para-hydroxylation sites is 1. The van der Waals surface area contributed by atoms with E-state index in [2.05, 4.69) is 0 Å². The maximum atomic E-state index is 11.9. The second-order valence-corrected chi connectivity index (χ2v) is 4.35. The number of ether oxygens (including phenoxy) is 2. The molecule has 5 heteroatoms. The normalized spacial score (nSPS) is 13.4. The molecule has 104 valence electrons. The highest BCUT2D eigenvalue weighted by Crippen LogP contribution is 2.29. The molecule has 19 heavy (non-hydrogen) atoms. The van der Waals surface area contributed by atoms with Crippen molar-refractivity contribution in [3.05, 3.63) is 29.8 Å². The van der Waals surface area contributed by atoms with Crippen LogP contribution in [0.5, 0.6) is 5.75 Å². The van der Waals surface area contributed by atoms with E-state index in [4.69, 9.17) is 9.47 Å². The molecule has 0 spiro atoms. The first kappa shape index (κ1) is 15.0. The van der Waals surface area contributed by atoms with Crippen LogP contribution in [0.3, 0.4) is 0 Å². The number of hydrogen-bond acceptors (Lipinski definition) is 4. The molecule has 0 aromatic heterocycles. The van der Waals surface area contributed by atoms with Crippen molar-refractivity contribution in [2.75, 3.05) is 13.7 Å². The van der Waals surface area contributed by atoms with Crippen LogP contribution in [0.15, 0.2) is 24.3 Å². The number of rotatable bonds is 6. The Balaban J connectivity index is 3.08. The van der Waals surface area contributed by atoms with E-state index in [9.17, 15) is 14.7 Å². The minimum atomic E-state index is -1.62. The molecule has 1 aromatic rings. The Morgan fingerprint density at radius 2 is 1.95 bits per heavy atom. The summed E-state index contributed by atoms with van der Waals surface area (Å²) in [5.41, 5.74) is -0.965. The third-order valence-electron chi connectivity index (χ3n) is 2.93. The first-order valence-electron chi connectivity index (χ1n) is 5.98. The van der Waals surface area contributed by atoms with Gasteiger partial charge in [-0.05, 0) is 25.5 Å². The molecule has 0 saturated heterocycles. The SMILES string of the molecule is CCOC(=O)C(C)(Cc1ccccc1OC)C(=O)O. The molecule has 0 saturated carbocycles. The topological polar surface area (TPSA) is 72.8 Å². The molecule has 1 unspecified atom stereocenters. The van der Waals surface area contributed by atoms with Crippen LogP contribution in [0.1, 0.15) is 19.4 Å². The molecule has 0 fully saturated rings. The Labute approximate surface area is 112 Å². The fourth-order valence-corrected chi connectivity index (χ4v) is 1.76. The van der Waals surface area contributed by atoms with Gasteiger partial charge in [0.05, 0.1) is 13.7 Å². The van der Waals surface area contributed by atoms with E-state index in [1.165, 1.54) is 14.0 Å². The van der Waals surface area contributed by atoms with E-state index in [1.807, 2.05) is 0 Å². The number of aliphatic carboxylic acids is 1. The van der Waals surface area contributed by atoms with Crippen LogP contribution in [0.25, 0.3) is 0 Å². The summed E-state index contributed by atoms with van der Waals surface area (Å²) in [5, 5.41) is 9.31. The molecule has 0 aliphatic carbocycles. The zero-order valence-corrected chi connectivity index (χ0v) is 11.3. The zero-order chi connectivity index (χ0) is 14.5. The van der Waals surface area contributed by atoms with Crippen LogP contribution in [0, 0.1) is 5.41 Å². The summed E-state index contributed by atoms with van der Waals surface area (Å²) in [6.45, 7) is 3.15. The number of carboxylic acid groups (broad SMARTS) is 1. The maximum absolute atomic E-state index is 11.9. The number of carboxylic acids is 1. The largest absolute Gasteiger partial charge is 0.496 e. The van der Waals surface area contributed by atoms with Gasteiger partial charge in [-0.15, -0.1) is 0 Å². The van der Waals surface area contributed by atoms with Crippen molar-refractivity contribution in [1.29, 1.82) is 0 Å². The number of carbonyl (C=O) groups is 2. The lowest BCUT2D eigenvalue weighted by Crippen LogP contribution is -2.40. The van der Waals surface area contributed by atoms with Gasteiger partial charge in [-0.1, -0.05) is 18.2 Å². The van der Waals surface area contributed by atoms with E-state index in [0.29, 0.717) is 11.3 Å². The Hall–Kier alpha value is -2.04. The molecule has 0 heterocycles. The Bertz CT molecular complexity index is 469. The summed E-state index contributed by atoms with van der Waals surface area (Å²) in [6, 6.07) is 7.01. The summed E-state index contributed by atoms with van der Waals surface area (Å²) in [6.07, 6.45) is 0.0190. The average molecular weight is 266 g/mol. The molecular weight excluding hydrogens is 248 g/mol. The summed E-state index contributed by atoms with van der Waals surface area (Å²) in [5.74, 6) is -1.40. The van der Waals surface area contributed by atoms with Gasteiger partial charge in [0.1, 0.15) is 5.75 Å². The lowest BCUT2D eigenvalue weighted by molar-refractivity contribution is -0.167. The highest BCUT2D eigenvalue weighted by atomic mass is 16.5. The number of benzene rings is 1. The van der Waals surface area contributed by atoms with Gasteiger partial charge >= 0.3 is 11.9 Å². The molecule has 1 aromatic carbocycles. The van der Waals surface area contributed by atoms with Crippen LogP contribution in [0.2, 0.25) is 0 Å². The molecule has 1 rings (SSSR count). The van der Waals surface area contributed by atoms with Crippen LogP contribution in [-0.4, -0.2) is 30.8 Å². The van der Waals surface area contributed by atoms with E-state index in [-0.39, 0.29) is 13.0 Å². The third kappa shape index (κ3) is 3.24. The molecule has 1 N–H and O–H groups in total. The monoisotopic (exact) mass is 266 g/mol. The lowest BCUT2D eigenvalue weighted by Gasteiger charge is -2.23. The predicted octanol–water partition coefficient (Wildman–Crippen LogP) is 1.89. The van der Waals surface area contributed by atoms with E-state index in [1.54, 1.807) is 31.2 Å². The fourth-order valence-electron chi connectivity index (χ4n) is 1.76. The summed E-state index contributed by atoms with van der Waals surface area (Å²) < 4.78 is 10.0. The van der Waals surface area contributed by atoms with Crippen molar-refractivity contribution < 1.29 is 24.2 Å². The van der Waals surface area contributed by atoms with Crippen molar-refractivity contribution in [1.82, 2.24) is 0 Å². The molecule has 5 nitrogen and oxygen atoms in total. The van der Waals surface area contributed by atoms with Gasteiger partial charge in [-0.25, -0.2) is 0 Å². The van der Waals surface area contributed by atoms with Crippen molar-refractivity contribution in [2.45, 2.75) is 20.3 Å². The van der Waals surface area contributed by atoms with Gasteiger partial charge in [0, 0.05) is 6.42 Å². The van der Waals surface area contributed by atoms with Crippen LogP contribution in [-0.2, 0) is 20.7 Å². The lowest BCUT2D eigenvalue weighted by atomic mass is 9.83. The second-order valence-electron chi connectivity index (χ2n) is 4.35. The van der Waals surface area contributed by atoms with Crippen LogP contribution >= 0.6 is 0 Å². The third-order valence-corrected chi connectivity index (χ3v) is 2.93. The van der Waals surface area contributed by atoms with Gasteiger partial charge in [0.25, 0.3) is 0 Å². The summed E-state index contributed by atoms with van der Waals surface area (Å²) in [7, 11) is 1.50. The molecule has 0 aliphatic heterocycles. The number of carbonyl (C=O) groups excluding carboxylic acids is 1. The van der Waals surface area contributed by atoms with E-state index in [0.717, 1.165) is 0 Å². The van der Waals surface area contributed by atoms with Crippen molar-refractivity contribution in [3.8, 4) is 5.75 Å². The Morgan fingerprint density at radius 1 is 1.32 bits per heavy atom. The molecule has 0 bridgehead atoms. The zero-order valence-electron chi connectivity index (χ0n) is 11.3.